The van der Waals surface area contributed by atoms with Crippen LogP contribution in [-0.4, -0.2) is 31.5 Å². The van der Waals surface area contributed by atoms with Crippen molar-refractivity contribution in [3.8, 4) is 11.8 Å². The maximum Gasteiger partial charge on any atom is 0.208 e. The van der Waals surface area contributed by atoms with Gasteiger partial charge in [0.15, 0.2) is 0 Å². The predicted molar refractivity (Wildman–Crippen MR) is 60.8 cm³/mol. The average molecular weight is 232 g/mol. The van der Waals surface area contributed by atoms with Crippen LogP contribution >= 0.6 is 0 Å². The summed E-state index contributed by atoms with van der Waals surface area (Å²) in [5, 5.41) is 17.4. The molecular weight excluding hydrogens is 220 g/mol. The van der Waals surface area contributed by atoms with Gasteiger partial charge in [0.05, 0.1) is 32.5 Å². The Balaban J connectivity index is 2.60. The van der Waals surface area contributed by atoms with Crippen LogP contribution in [0.5, 0.6) is 5.75 Å². The van der Waals surface area contributed by atoms with E-state index in [2.05, 4.69) is 4.85 Å². The van der Waals surface area contributed by atoms with Crippen molar-refractivity contribution >= 4 is 5.69 Å². The SMILES string of the molecule is [C-]#[N+]c1cccc(OCCOCCO)c1C#N. The van der Waals surface area contributed by atoms with Crippen molar-refractivity contribution in [2.45, 2.75) is 0 Å². The molecule has 0 atom stereocenters. The summed E-state index contributed by atoms with van der Waals surface area (Å²) >= 11 is 0. The van der Waals surface area contributed by atoms with Gasteiger partial charge in [-0.15, -0.1) is 0 Å². The third-order valence-electron chi connectivity index (χ3n) is 1.96. The highest BCUT2D eigenvalue weighted by atomic mass is 16.5. The summed E-state index contributed by atoms with van der Waals surface area (Å²) in [6.07, 6.45) is 0. The molecule has 1 rings (SSSR count). The van der Waals surface area contributed by atoms with Crippen LogP contribution in [0.3, 0.4) is 0 Å². The van der Waals surface area contributed by atoms with Gasteiger partial charge in [-0.05, 0) is 6.07 Å². The molecule has 1 N–H and O–H groups in total. The van der Waals surface area contributed by atoms with Gasteiger partial charge in [0, 0.05) is 0 Å². The molecule has 0 saturated heterocycles. The van der Waals surface area contributed by atoms with Crippen molar-refractivity contribution in [3.63, 3.8) is 0 Å². The molecule has 17 heavy (non-hydrogen) atoms. The first kappa shape index (κ1) is 13.0. The molecule has 0 spiro atoms. The first-order valence-corrected chi connectivity index (χ1v) is 5.05. The third kappa shape index (κ3) is 3.76. The maximum atomic E-state index is 8.93. The van der Waals surface area contributed by atoms with Gasteiger partial charge in [0.2, 0.25) is 5.69 Å². The molecule has 0 aliphatic carbocycles. The van der Waals surface area contributed by atoms with Crippen LogP contribution < -0.4 is 4.74 Å². The van der Waals surface area contributed by atoms with Crippen LogP contribution in [0.15, 0.2) is 18.2 Å². The Kier molecular flexibility index (Phi) is 5.53. The second kappa shape index (κ2) is 7.24. The zero-order chi connectivity index (χ0) is 12.5. The smallest absolute Gasteiger partial charge is 0.208 e. The predicted octanol–water partition coefficient (Wildman–Crippen LogP) is 1.50. The number of aliphatic hydroxyl groups is 1. The standard InChI is InChI=1S/C12H12N2O3/c1-14-11-3-2-4-12(10(11)9-13)17-8-7-16-6-5-15/h2-4,15H,5-8H2. The minimum atomic E-state index is -0.0311. The minimum absolute atomic E-state index is 0.0311. The first-order valence-electron chi connectivity index (χ1n) is 5.05. The molecule has 0 amide bonds. The van der Waals surface area contributed by atoms with Crippen LogP contribution in [0, 0.1) is 17.9 Å². The molecule has 0 heterocycles. The number of nitrogens with zero attached hydrogens (tertiary/aromatic N) is 2. The number of aliphatic hydroxyl groups excluding tert-OH is 1. The Hall–Kier alpha value is -2.08. The van der Waals surface area contributed by atoms with Crippen molar-refractivity contribution < 1.29 is 14.6 Å². The largest absolute Gasteiger partial charge is 0.491 e. The molecule has 88 valence electrons. The number of rotatable bonds is 6. The van der Waals surface area contributed by atoms with Gasteiger partial charge in [-0.1, -0.05) is 12.1 Å². The number of ether oxygens (including phenoxy) is 2. The molecule has 0 bridgehead atoms. The summed E-state index contributed by atoms with van der Waals surface area (Å²) in [4.78, 5) is 3.24. The van der Waals surface area contributed by atoms with E-state index in [0.717, 1.165) is 0 Å². The highest BCUT2D eigenvalue weighted by Crippen LogP contribution is 2.27. The lowest BCUT2D eigenvalue weighted by molar-refractivity contribution is 0.0705. The molecule has 0 aliphatic heterocycles. The van der Waals surface area contributed by atoms with Gasteiger partial charge in [0.25, 0.3) is 0 Å². The van der Waals surface area contributed by atoms with Crippen molar-refractivity contribution in [2.24, 2.45) is 0 Å². The summed E-state index contributed by atoms with van der Waals surface area (Å²) in [5.41, 5.74) is 0.519. The van der Waals surface area contributed by atoms with Gasteiger partial charge in [-0.2, -0.15) is 5.26 Å². The van der Waals surface area contributed by atoms with Gasteiger partial charge in [-0.3, -0.25) is 0 Å². The second-order valence-electron chi connectivity index (χ2n) is 3.06. The maximum absolute atomic E-state index is 8.93. The summed E-state index contributed by atoms with van der Waals surface area (Å²) in [6.45, 7) is 7.75. The lowest BCUT2D eigenvalue weighted by Gasteiger charge is -2.08. The fraction of sp³-hybridized carbons (Fsp3) is 0.333. The highest BCUT2D eigenvalue weighted by Gasteiger charge is 2.08. The number of nitriles is 1. The summed E-state index contributed by atoms with van der Waals surface area (Å²) in [6, 6.07) is 6.82. The van der Waals surface area contributed by atoms with Gasteiger partial charge < -0.3 is 14.6 Å². The van der Waals surface area contributed by atoms with E-state index >= 15 is 0 Å². The van der Waals surface area contributed by atoms with Crippen LogP contribution in [0.1, 0.15) is 5.56 Å². The van der Waals surface area contributed by atoms with Crippen LogP contribution in [0.2, 0.25) is 0 Å². The van der Waals surface area contributed by atoms with Gasteiger partial charge in [-0.25, -0.2) is 4.85 Å². The molecule has 0 aromatic heterocycles. The van der Waals surface area contributed by atoms with E-state index in [1.165, 1.54) is 0 Å². The van der Waals surface area contributed by atoms with E-state index in [9.17, 15) is 0 Å². The zero-order valence-corrected chi connectivity index (χ0v) is 9.22. The van der Waals surface area contributed by atoms with E-state index in [0.29, 0.717) is 12.4 Å². The van der Waals surface area contributed by atoms with Gasteiger partial charge in [0.1, 0.15) is 17.9 Å². The molecule has 5 nitrogen and oxygen atoms in total. The normalized spacial score (nSPS) is 9.35. The topological polar surface area (TPSA) is 66.8 Å². The molecular formula is C12H12N2O3. The van der Waals surface area contributed by atoms with Crippen molar-refractivity contribution in [1.82, 2.24) is 0 Å². The summed E-state index contributed by atoms with van der Waals surface area (Å²) in [5.74, 6) is 0.383. The second-order valence-corrected chi connectivity index (χ2v) is 3.06. The van der Waals surface area contributed by atoms with Gasteiger partial charge >= 0.3 is 0 Å². The quantitative estimate of drug-likeness (QED) is 0.596. The zero-order valence-electron chi connectivity index (χ0n) is 9.22. The van der Waals surface area contributed by atoms with E-state index in [1.54, 1.807) is 18.2 Å². The molecule has 0 aliphatic rings. The Morgan fingerprint density at radius 2 is 2.18 bits per heavy atom. The molecule has 0 saturated carbocycles. The Morgan fingerprint density at radius 1 is 1.35 bits per heavy atom. The summed E-state index contributed by atoms with van der Waals surface area (Å²) < 4.78 is 10.4. The highest BCUT2D eigenvalue weighted by molar-refractivity contribution is 5.64. The fourth-order valence-corrected chi connectivity index (χ4v) is 1.22. The van der Waals surface area contributed by atoms with E-state index in [1.807, 2.05) is 6.07 Å². The third-order valence-corrected chi connectivity index (χ3v) is 1.96. The Bertz CT molecular complexity index is 446. The fourth-order valence-electron chi connectivity index (χ4n) is 1.22. The molecule has 1 aromatic rings. The molecule has 1 aromatic carbocycles. The lowest BCUT2D eigenvalue weighted by Crippen LogP contribution is -2.09. The number of hydrogen-bond donors (Lipinski definition) is 1. The monoisotopic (exact) mass is 232 g/mol. The van der Waals surface area contributed by atoms with Crippen LogP contribution in [0.4, 0.5) is 5.69 Å². The Labute approximate surface area is 99.6 Å². The molecule has 0 radical (unpaired) electrons. The van der Waals surface area contributed by atoms with Crippen molar-refractivity contribution in [3.05, 3.63) is 35.2 Å². The van der Waals surface area contributed by atoms with Crippen molar-refractivity contribution in [1.29, 1.82) is 5.26 Å². The van der Waals surface area contributed by atoms with E-state index in [4.69, 9.17) is 26.4 Å². The number of hydrogen-bond acceptors (Lipinski definition) is 4. The lowest BCUT2D eigenvalue weighted by atomic mass is 10.2. The van der Waals surface area contributed by atoms with E-state index in [-0.39, 0.29) is 31.1 Å². The molecule has 5 heteroatoms. The van der Waals surface area contributed by atoms with E-state index < -0.39 is 0 Å². The van der Waals surface area contributed by atoms with Crippen LogP contribution in [-0.2, 0) is 4.74 Å². The first-order chi connectivity index (χ1) is 8.33. The van der Waals surface area contributed by atoms with Crippen LogP contribution in [0.25, 0.3) is 4.85 Å². The Morgan fingerprint density at radius 3 is 2.82 bits per heavy atom. The minimum Gasteiger partial charge on any atom is -0.491 e. The molecule has 0 unspecified atom stereocenters. The summed E-state index contributed by atoms with van der Waals surface area (Å²) in [7, 11) is 0. The van der Waals surface area contributed by atoms with Crippen molar-refractivity contribution in [2.75, 3.05) is 26.4 Å². The number of benzene rings is 1. The average Bonchev–Trinajstić information content (AvgIpc) is 2.38. The molecule has 0 fully saturated rings.